The molecule has 9 heteroatoms. The number of ether oxygens (including phenoxy) is 1. The summed E-state index contributed by atoms with van der Waals surface area (Å²) in [5.41, 5.74) is 2.42. The molecular formula is C20H26N2O5S2. The molecule has 1 heterocycles. The number of hydrogen-bond donors (Lipinski definition) is 1. The molecule has 0 saturated heterocycles. The number of rotatable bonds is 8. The lowest BCUT2D eigenvalue weighted by atomic mass is 10.0. The highest BCUT2D eigenvalue weighted by molar-refractivity contribution is 7.92. The van der Waals surface area contributed by atoms with Gasteiger partial charge < -0.3 is 4.74 Å². The molecule has 0 aliphatic carbocycles. The van der Waals surface area contributed by atoms with Gasteiger partial charge in [0.2, 0.25) is 20.0 Å². The molecule has 3 rings (SSSR count). The van der Waals surface area contributed by atoms with Crippen LogP contribution in [-0.4, -0.2) is 36.2 Å². The summed E-state index contributed by atoms with van der Waals surface area (Å²) < 4.78 is 59.6. The molecule has 1 N–H and O–H groups in total. The fraction of sp³-hybridized carbons (Fsp3) is 0.400. The van der Waals surface area contributed by atoms with Gasteiger partial charge in [0, 0.05) is 6.54 Å². The minimum atomic E-state index is -3.68. The third-order valence-corrected chi connectivity index (χ3v) is 7.96. The predicted molar refractivity (Wildman–Crippen MR) is 115 cm³/mol. The van der Waals surface area contributed by atoms with E-state index in [9.17, 15) is 16.8 Å². The van der Waals surface area contributed by atoms with Crippen molar-refractivity contribution >= 4 is 31.4 Å². The maximum atomic E-state index is 12.6. The lowest BCUT2D eigenvalue weighted by Gasteiger charge is -2.31. The van der Waals surface area contributed by atoms with Gasteiger partial charge in [-0.3, -0.25) is 9.03 Å². The van der Waals surface area contributed by atoms with Gasteiger partial charge in [-0.2, -0.15) is 0 Å². The molecule has 1 aliphatic heterocycles. The highest BCUT2D eigenvalue weighted by Crippen LogP contribution is 2.33. The second kappa shape index (κ2) is 8.62. The summed E-state index contributed by atoms with van der Waals surface area (Å²) in [7, 11) is -5.57. The highest BCUT2D eigenvalue weighted by atomic mass is 32.2. The average molecular weight is 439 g/mol. The van der Waals surface area contributed by atoms with Gasteiger partial charge in [0.1, 0.15) is 5.75 Å². The fourth-order valence-electron chi connectivity index (χ4n) is 3.46. The molecule has 0 spiro atoms. The van der Waals surface area contributed by atoms with Crippen LogP contribution in [0.1, 0.15) is 30.9 Å². The summed E-state index contributed by atoms with van der Waals surface area (Å²) in [6, 6.07) is 12.0. The molecule has 0 aromatic heterocycles. The molecule has 7 nitrogen and oxygen atoms in total. The van der Waals surface area contributed by atoms with Crippen molar-refractivity contribution < 1.29 is 21.6 Å². The third kappa shape index (κ3) is 5.22. The quantitative estimate of drug-likeness (QED) is 0.684. The molecule has 0 radical (unpaired) electrons. The normalized spacial score (nSPS) is 14.3. The van der Waals surface area contributed by atoms with Crippen molar-refractivity contribution in [1.29, 1.82) is 0 Å². The van der Waals surface area contributed by atoms with Crippen LogP contribution >= 0.6 is 0 Å². The number of nitrogens with zero attached hydrogens (tertiary/aromatic N) is 1. The van der Waals surface area contributed by atoms with Crippen molar-refractivity contribution in [2.45, 2.75) is 31.9 Å². The van der Waals surface area contributed by atoms with Crippen LogP contribution in [0.5, 0.6) is 5.75 Å². The highest BCUT2D eigenvalue weighted by Gasteiger charge is 2.27. The average Bonchev–Trinajstić information content (AvgIpc) is 2.66. The van der Waals surface area contributed by atoms with Crippen LogP contribution in [-0.2, 0) is 32.2 Å². The molecule has 0 fully saturated rings. The first-order valence-corrected chi connectivity index (χ1v) is 12.8. The van der Waals surface area contributed by atoms with Gasteiger partial charge in [-0.25, -0.2) is 16.8 Å². The van der Waals surface area contributed by atoms with Gasteiger partial charge in [0.05, 0.1) is 30.0 Å². The zero-order valence-corrected chi connectivity index (χ0v) is 18.2. The first-order chi connectivity index (χ1) is 13.7. The second-order valence-electron chi connectivity index (χ2n) is 7.05. The van der Waals surface area contributed by atoms with Crippen LogP contribution in [0, 0.1) is 0 Å². The van der Waals surface area contributed by atoms with E-state index in [1.807, 2.05) is 6.92 Å². The van der Waals surface area contributed by atoms with E-state index < -0.39 is 20.0 Å². The van der Waals surface area contributed by atoms with Gasteiger partial charge in [-0.1, -0.05) is 25.1 Å². The van der Waals surface area contributed by atoms with Crippen LogP contribution in [0.2, 0.25) is 0 Å². The topological polar surface area (TPSA) is 92.8 Å². The molecule has 0 unspecified atom stereocenters. The Morgan fingerprint density at radius 1 is 1.10 bits per heavy atom. The zero-order valence-electron chi connectivity index (χ0n) is 16.6. The van der Waals surface area contributed by atoms with Crippen molar-refractivity contribution in [3.8, 4) is 5.75 Å². The van der Waals surface area contributed by atoms with Gasteiger partial charge in [-0.05, 0) is 54.7 Å². The molecule has 2 aromatic rings. The van der Waals surface area contributed by atoms with Crippen molar-refractivity contribution in [3.63, 3.8) is 0 Å². The van der Waals surface area contributed by atoms with Crippen LogP contribution < -0.4 is 13.8 Å². The SMILES string of the molecule is CCCS(=O)(=O)N1CCCc2ccc(NS(=O)(=O)Cc3cccc(OC)c3)cc21. The van der Waals surface area contributed by atoms with E-state index in [1.54, 1.807) is 42.5 Å². The van der Waals surface area contributed by atoms with Crippen LogP contribution in [0.25, 0.3) is 0 Å². The molecule has 29 heavy (non-hydrogen) atoms. The lowest BCUT2D eigenvalue weighted by molar-refractivity contribution is 0.414. The van der Waals surface area contributed by atoms with E-state index in [0.717, 1.165) is 18.4 Å². The summed E-state index contributed by atoms with van der Waals surface area (Å²) in [4.78, 5) is 0. The number of benzene rings is 2. The first-order valence-electron chi connectivity index (χ1n) is 9.51. The number of methoxy groups -OCH3 is 1. The first kappa shape index (κ1) is 21.4. The number of sulfonamides is 2. The summed E-state index contributed by atoms with van der Waals surface area (Å²) >= 11 is 0. The summed E-state index contributed by atoms with van der Waals surface area (Å²) in [5.74, 6) is 0.445. The molecule has 2 aromatic carbocycles. The summed E-state index contributed by atoms with van der Waals surface area (Å²) in [5, 5.41) is 0. The Morgan fingerprint density at radius 3 is 2.62 bits per heavy atom. The number of aryl methyl sites for hydroxylation is 1. The van der Waals surface area contributed by atoms with Crippen molar-refractivity contribution in [2.24, 2.45) is 0 Å². The van der Waals surface area contributed by atoms with Gasteiger partial charge in [-0.15, -0.1) is 0 Å². The number of fused-ring (bicyclic) bond motifs is 1. The minimum Gasteiger partial charge on any atom is -0.497 e. The van der Waals surface area contributed by atoms with Crippen LogP contribution in [0.4, 0.5) is 11.4 Å². The van der Waals surface area contributed by atoms with E-state index in [1.165, 1.54) is 11.4 Å². The Balaban J connectivity index is 1.85. The predicted octanol–water partition coefficient (Wildman–Crippen LogP) is 3.13. The zero-order chi connectivity index (χ0) is 21.1. The monoisotopic (exact) mass is 438 g/mol. The van der Waals surface area contributed by atoms with E-state index in [0.29, 0.717) is 35.7 Å². The molecule has 0 saturated carbocycles. The second-order valence-corrected chi connectivity index (χ2v) is 10.8. The van der Waals surface area contributed by atoms with E-state index >= 15 is 0 Å². The van der Waals surface area contributed by atoms with E-state index in [4.69, 9.17) is 4.74 Å². The maximum Gasteiger partial charge on any atom is 0.236 e. The Labute approximate surface area is 172 Å². The van der Waals surface area contributed by atoms with Crippen LogP contribution in [0.3, 0.4) is 0 Å². The van der Waals surface area contributed by atoms with Crippen molar-refractivity contribution in [1.82, 2.24) is 0 Å². The third-order valence-electron chi connectivity index (χ3n) is 4.72. The minimum absolute atomic E-state index is 0.0677. The van der Waals surface area contributed by atoms with Gasteiger partial charge >= 0.3 is 0 Å². The van der Waals surface area contributed by atoms with Gasteiger partial charge in [0.25, 0.3) is 0 Å². The molecule has 1 aliphatic rings. The maximum absolute atomic E-state index is 12.6. The van der Waals surface area contributed by atoms with E-state index in [2.05, 4.69) is 4.72 Å². The molecule has 0 atom stereocenters. The summed E-state index contributed by atoms with van der Waals surface area (Å²) in [6.07, 6.45) is 2.04. The van der Waals surface area contributed by atoms with Crippen molar-refractivity contribution in [3.05, 3.63) is 53.6 Å². The fourth-order valence-corrected chi connectivity index (χ4v) is 6.25. The molecule has 158 valence electrons. The lowest BCUT2D eigenvalue weighted by Crippen LogP contribution is -2.37. The van der Waals surface area contributed by atoms with Crippen molar-refractivity contribution in [2.75, 3.05) is 28.4 Å². The van der Waals surface area contributed by atoms with Crippen LogP contribution in [0.15, 0.2) is 42.5 Å². The Hall–Kier alpha value is -2.26. The molecular weight excluding hydrogens is 412 g/mol. The van der Waals surface area contributed by atoms with Gasteiger partial charge in [0.15, 0.2) is 0 Å². The van der Waals surface area contributed by atoms with E-state index in [-0.39, 0.29) is 11.5 Å². The largest absolute Gasteiger partial charge is 0.497 e. The number of nitrogens with one attached hydrogen (secondary N) is 1. The Morgan fingerprint density at radius 2 is 1.90 bits per heavy atom. The molecule has 0 amide bonds. The number of anilines is 2. The Bertz CT molecular complexity index is 1080. The summed E-state index contributed by atoms with van der Waals surface area (Å²) in [6.45, 7) is 2.24. The smallest absolute Gasteiger partial charge is 0.236 e. The number of hydrogen-bond acceptors (Lipinski definition) is 5. The molecule has 0 bridgehead atoms. The Kier molecular flexibility index (Phi) is 6.38. The standard InChI is InChI=1S/C20H26N2O5S2/c1-3-12-29(25,26)22-11-5-7-17-9-10-18(14-20(17)22)21-28(23,24)15-16-6-4-8-19(13-16)27-2/h4,6,8-10,13-14,21H,3,5,7,11-12,15H2,1-2H3.